The summed E-state index contributed by atoms with van der Waals surface area (Å²) in [5, 5.41) is 7.63. The average molecular weight is 358 g/mol. The maximum atomic E-state index is 13.1. The summed E-state index contributed by atoms with van der Waals surface area (Å²) in [5.41, 5.74) is 2.36. The van der Waals surface area contributed by atoms with Gasteiger partial charge in [0.1, 0.15) is 0 Å². The van der Waals surface area contributed by atoms with Crippen molar-refractivity contribution in [2.75, 3.05) is 0 Å². The van der Waals surface area contributed by atoms with Gasteiger partial charge in [-0.15, -0.1) is 0 Å². The van der Waals surface area contributed by atoms with Gasteiger partial charge in [0.15, 0.2) is 17.5 Å². The van der Waals surface area contributed by atoms with Gasteiger partial charge in [0.05, 0.1) is 12.4 Å². The van der Waals surface area contributed by atoms with E-state index < -0.39 is 17.5 Å². The van der Waals surface area contributed by atoms with Gasteiger partial charge < -0.3 is 0 Å². The standard InChI is InChI=1S/C21H21F3N2/c1-14-2-6-17(7-3-14)18-8-4-15(5-9-18)12-25-26-13-16-10-19(22)21(24)20(23)11-16/h4-5,8-14,17H,2-3,6-7H2,1H3/b25-12-,26-13-. The molecule has 0 spiro atoms. The first-order chi connectivity index (χ1) is 12.5. The molecule has 0 atom stereocenters. The lowest BCUT2D eigenvalue weighted by atomic mass is 9.79. The van der Waals surface area contributed by atoms with E-state index >= 15 is 0 Å². The third-order valence-electron chi connectivity index (χ3n) is 4.91. The molecular formula is C21H21F3N2. The Kier molecular flexibility index (Phi) is 5.86. The van der Waals surface area contributed by atoms with Crippen LogP contribution in [0.25, 0.3) is 0 Å². The smallest absolute Gasteiger partial charge is 0.194 e. The Bertz CT molecular complexity index is 782. The Balaban J connectivity index is 1.60. The molecule has 0 amide bonds. The van der Waals surface area contributed by atoms with E-state index in [1.807, 2.05) is 12.1 Å². The Morgan fingerprint density at radius 2 is 1.35 bits per heavy atom. The van der Waals surface area contributed by atoms with Crippen LogP contribution in [0.1, 0.15) is 55.2 Å². The van der Waals surface area contributed by atoms with E-state index in [4.69, 9.17) is 0 Å². The lowest BCUT2D eigenvalue weighted by Gasteiger charge is -2.26. The van der Waals surface area contributed by atoms with Gasteiger partial charge in [0, 0.05) is 5.56 Å². The second-order valence-electron chi connectivity index (χ2n) is 6.91. The molecule has 2 nitrogen and oxygen atoms in total. The molecule has 3 rings (SSSR count). The highest BCUT2D eigenvalue weighted by Crippen LogP contribution is 2.35. The normalized spacial score (nSPS) is 20.9. The molecule has 0 saturated heterocycles. The number of hydrogen-bond donors (Lipinski definition) is 0. The van der Waals surface area contributed by atoms with E-state index in [1.54, 1.807) is 6.21 Å². The largest absolute Gasteiger partial charge is 0.204 e. The molecule has 0 radical (unpaired) electrons. The minimum absolute atomic E-state index is 0.112. The van der Waals surface area contributed by atoms with Gasteiger partial charge in [-0.3, -0.25) is 0 Å². The summed E-state index contributed by atoms with van der Waals surface area (Å²) in [6.45, 7) is 2.31. The van der Waals surface area contributed by atoms with Gasteiger partial charge in [-0.2, -0.15) is 10.2 Å². The fraction of sp³-hybridized carbons (Fsp3) is 0.333. The molecule has 1 aliphatic rings. The topological polar surface area (TPSA) is 24.7 Å². The fourth-order valence-corrected chi connectivity index (χ4v) is 3.30. The van der Waals surface area contributed by atoms with Crippen LogP contribution in [0, 0.1) is 23.4 Å². The third-order valence-corrected chi connectivity index (χ3v) is 4.91. The first-order valence-corrected chi connectivity index (χ1v) is 8.84. The molecule has 5 heteroatoms. The van der Waals surface area contributed by atoms with Crippen molar-refractivity contribution >= 4 is 12.4 Å². The van der Waals surface area contributed by atoms with Crippen molar-refractivity contribution in [3.05, 3.63) is 70.5 Å². The van der Waals surface area contributed by atoms with Gasteiger partial charge in [0.25, 0.3) is 0 Å². The molecular weight excluding hydrogens is 337 g/mol. The molecule has 1 fully saturated rings. The molecule has 0 aromatic heterocycles. The highest BCUT2D eigenvalue weighted by Gasteiger charge is 2.19. The van der Waals surface area contributed by atoms with Crippen LogP contribution in [-0.4, -0.2) is 12.4 Å². The van der Waals surface area contributed by atoms with Crippen molar-refractivity contribution in [3.63, 3.8) is 0 Å². The predicted octanol–water partition coefficient (Wildman–Crippen LogP) is 5.85. The minimum Gasteiger partial charge on any atom is -0.204 e. The van der Waals surface area contributed by atoms with Crippen LogP contribution in [0.3, 0.4) is 0 Å². The van der Waals surface area contributed by atoms with Crippen LogP contribution < -0.4 is 0 Å². The summed E-state index contributed by atoms with van der Waals surface area (Å²) in [6, 6.07) is 9.97. The van der Waals surface area contributed by atoms with Crippen molar-refractivity contribution in [1.82, 2.24) is 0 Å². The highest BCUT2D eigenvalue weighted by atomic mass is 19.2. The van der Waals surface area contributed by atoms with E-state index in [9.17, 15) is 13.2 Å². The Morgan fingerprint density at radius 1 is 0.808 bits per heavy atom. The summed E-state index contributed by atoms with van der Waals surface area (Å²) in [5.74, 6) is -2.51. The maximum Gasteiger partial charge on any atom is 0.194 e. The minimum atomic E-state index is -1.49. The second-order valence-corrected chi connectivity index (χ2v) is 6.91. The van der Waals surface area contributed by atoms with E-state index in [0.717, 1.165) is 23.6 Å². The summed E-state index contributed by atoms with van der Waals surface area (Å²) in [4.78, 5) is 0. The number of hydrogen-bond acceptors (Lipinski definition) is 2. The lowest BCUT2D eigenvalue weighted by Crippen LogP contribution is -2.10. The lowest BCUT2D eigenvalue weighted by molar-refractivity contribution is 0.348. The van der Waals surface area contributed by atoms with Crippen LogP contribution in [0.15, 0.2) is 46.6 Å². The molecule has 1 saturated carbocycles. The molecule has 26 heavy (non-hydrogen) atoms. The number of halogens is 3. The van der Waals surface area contributed by atoms with Gasteiger partial charge >= 0.3 is 0 Å². The van der Waals surface area contributed by atoms with Crippen LogP contribution in [0.2, 0.25) is 0 Å². The van der Waals surface area contributed by atoms with E-state index in [-0.39, 0.29) is 5.56 Å². The first-order valence-electron chi connectivity index (χ1n) is 8.84. The van der Waals surface area contributed by atoms with Crippen molar-refractivity contribution in [3.8, 4) is 0 Å². The molecule has 0 N–H and O–H groups in total. The highest BCUT2D eigenvalue weighted by molar-refractivity contribution is 5.82. The molecule has 0 unspecified atom stereocenters. The predicted molar refractivity (Wildman–Crippen MR) is 98.3 cm³/mol. The van der Waals surface area contributed by atoms with E-state index in [2.05, 4.69) is 29.3 Å². The quantitative estimate of drug-likeness (QED) is 0.372. The third kappa shape index (κ3) is 4.59. The molecule has 2 aromatic rings. The summed E-state index contributed by atoms with van der Waals surface area (Å²) in [6.07, 6.45) is 7.80. The second kappa shape index (κ2) is 8.30. The van der Waals surface area contributed by atoms with Gasteiger partial charge in [-0.1, -0.05) is 44.0 Å². The number of nitrogens with zero attached hydrogens (tertiary/aromatic N) is 2. The molecule has 0 heterocycles. The van der Waals surface area contributed by atoms with E-state index in [1.165, 1.54) is 37.5 Å². The van der Waals surface area contributed by atoms with Crippen LogP contribution >= 0.6 is 0 Å². The molecule has 2 aromatic carbocycles. The fourth-order valence-electron chi connectivity index (χ4n) is 3.30. The summed E-state index contributed by atoms with van der Waals surface area (Å²) < 4.78 is 39.1. The zero-order chi connectivity index (χ0) is 18.5. The Morgan fingerprint density at radius 3 is 1.92 bits per heavy atom. The van der Waals surface area contributed by atoms with Crippen molar-refractivity contribution < 1.29 is 13.2 Å². The summed E-state index contributed by atoms with van der Waals surface area (Å²) in [7, 11) is 0. The number of benzene rings is 2. The van der Waals surface area contributed by atoms with Crippen molar-refractivity contribution in [2.45, 2.75) is 38.5 Å². The zero-order valence-corrected chi connectivity index (χ0v) is 14.6. The first kappa shape index (κ1) is 18.4. The molecule has 0 bridgehead atoms. The zero-order valence-electron chi connectivity index (χ0n) is 14.6. The van der Waals surface area contributed by atoms with Gasteiger partial charge in [-0.05, 0) is 47.9 Å². The molecule has 136 valence electrons. The maximum absolute atomic E-state index is 13.1. The van der Waals surface area contributed by atoms with Crippen LogP contribution in [0.4, 0.5) is 13.2 Å². The van der Waals surface area contributed by atoms with Gasteiger partial charge in [0.2, 0.25) is 0 Å². The SMILES string of the molecule is CC1CCC(c2ccc(/C=N\N=C/c3cc(F)c(F)c(F)c3)cc2)CC1. The van der Waals surface area contributed by atoms with Gasteiger partial charge in [-0.25, -0.2) is 13.2 Å². The van der Waals surface area contributed by atoms with E-state index in [0.29, 0.717) is 5.92 Å². The van der Waals surface area contributed by atoms with Crippen LogP contribution in [-0.2, 0) is 0 Å². The molecule has 1 aliphatic carbocycles. The average Bonchev–Trinajstić information content (AvgIpc) is 2.64. The Hall–Kier alpha value is -2.43. The number of rotatable bonds is 4. The van der Waals surface area contributed by atoms with Crippen molar-refractivity contribution in [2.24, 2.45) is 16.1 Å². The van der Waals surface area contributed by atoms with Crippen molar-refractivity contribution in [1.29, 1.82) is 0 Å². The Labute approximate surface area is 151 Å². The molecule has 0 aliphatic heterocycles. The monoisotopic (exact) mass is 358 g/mol. The summed E-state index contributed by atoms with van der Waals surface area (Å²) >= 11 is 0. The van der Waals surface area contributed by atoms with Crippen LogP contribution in [0.5, 0.6) is 0 Å².